The lowest BCUT2D eigenvalue weighted by Gasteiger charge is -2.39. The summed E-state index contributed by atoms with van der Waals surface area (Å²) in [4.78, 5) is 13.8. The van der Waals surface area contributed by atoms with Gasteiger partial charge in [0.25, 0.3) is 0 Å². The Labute approximate surface area is 152 Å². The molecule has 25 heavy (non-hydrogen) atoms. The zero-order valence-electron chi connectivity index (χ0n) is 14.1. The number of halogens is 1. The summed E-state index contributed by atoms with van der Waals surface area (Å²) in [6.45, 7) is 3.55. The number of carbonyl (C=O) groups is 1. The number of rotatable bonds is 3. The van der Waals surface area contributed by atoms with Crippen LogP contribution in [0, 0.1) is 0 Å². The molecule has 0 saturated heterocycles. The molecule has 3 N–H and O–H groups in total. The van der Waals surface area contributed by atoms with Gasteiger partial charge in [-0.05, 0) is 54.7 Å². The van der Waals surface area contributed by atoms with Crippen molar-refractivity contribution in [3.63, 3.8) is 0 Å². The summed E-state index contributed by atoms with van der Waals surface area (Å²) in [5.74, 6) is -0.0315. The molecule has 0 aromatic heterocycles. The predicted octanol–water partition coefficient (Wildman–Crippen LogP) is 2.32. The van der Waals surface area contributed by atoms with Gasteiger partial charge in [0.15, 0.2) is 0 Å². The minimum Gasteiger partial charge on any atom is -0.423 e. The van der Waals surface area contributed by atoms with Crippen molar-refractivity contribution in [2.45, 2.75) is 32.4 Å². The molecular formula is C18H20BClN2O3. The van der Waals surface area contributed by atoms with Crippen molar-refractivity contribution in [3.05, 3.63) is 53.1 Å². The standard InChI is InChI=1S/C18H20BClN2O3/c1-11-9-17(21-15-6-4-14(20)5-7-15)16-10-13(19(24)25)3-8-18(16)22(11)12(2)23/h3-8,10-11,17,21,24-25H,9H2,1-2H3. The Kier molecular flexibility index (Phi) is 5.04. The number of nitrogens with zero attached hydrogens (tertiary/aromatic N) is 1. The smallest absolute Gasteiger partial charge is 0.423 e. The fourth-order valence-electron chi connectivity index (χ4n) is 3.41. The van der Waals surface area contributed by atoms with Gasteiger partial charge in [-0.1, -0.05) is 23.7 Å². The van der Waals surface area contributed by atoms with Gasteiger partial charge in [0.2, 0.25) is 5.91 Å². The highest BCUT2D eigenvalue weighted by Crippen LogP contribution is 2.38. The first kappa shape index (κ1) is 17.8. The molecule has 2 aromatic rings. The van der Waals surface area contributed by atoms with Crippen molar-refractivity contribution in [2.24, 2.45) is 0 Å². The maximum Gasteiger partial charge on any atom is 0.488 e. The average Bonchev–Trinajstić information content (AvgIpc) is 2.56. The molecule has 0 saturated carbocycles. The van der Waals surface area contributed by atoms with Gasteiger partial charge < -0.3 is 20.3 Å². The van der Waals surface area contributed by atoms with Crippen LogP contribution in [0.3, 0.4) is 0 Å². The summed E-state index contributed by atoms with van der Waals surface area (Å²) in [5, 5.41) is 23.1. The molecule has 1 aliphatic rings. The zero-order valence-corrected chi connectivity index (χ0v) is 14.9. The highest BCUT2D eigenvalue weighted by atomic mass is 35.5. The second-order valence-corrected chi connectivity index (χ2v) is 6.81. The lowest BCUT2D eigenvalue weighted by atomic mass is 9.77. The van der Waals surface area contributed by atoms with Gasteiger partial charge in [-0.25, -0.2) is 0 Å². The van der Waals surface area contributed by atoms with Crippen LogP contribution in [0.1, 0.15) is 31.9 Å². The number of hydrogen-bond acceptors (Lipinski definition) is 4. The first-order valence-corrected chi connectivity index (χ1v) is 8.56. The maximum absolute atomic E-state index is 12.1. The Morgan fingerprint density at radius 3 is 2.52 bits per heavy atom. The molecule has 7 heteroatoms. The Morgan fingerprint density at radius 1 is 1.24 bits per heavy atom. The summed E-state index contributed by atoms with van der Waals surface area (Å²) in [7, 11) is -1.55. The second kappa shape index (κ2) is 7.08. The third-order valence-corrected chi connectivity index (χ3v) is 4.78. The number of amides is 1. The summed E-state index contributed by atoms with van der Waals surface area (Å²) in [6.07, 6.45) is 0.709. The van der Waals surface area contributed by atoms with Crippen LogP contribution >= 0.6 is 11.6 Å². The minimum atomic E-state index is -1.55. The van der Waals surface area contributed by atoms with Crippen LogP contribution in [-0.2, 0) is 4.79 Å². The maximum atomic E-state index is 12.1. The quantitative estimate of drug-likeness (QED) is 0.736. The van der Waals surface area contributed by atoms with E-state index in [0.717, 1.165) is 16.9 Å². The molecule has 0 spiro atoms. The van der Waals surface area contributed by atoms with Gasteiger partial charge in [0, 0.05) is 29.4 Å². The third kappa shape index (κ3) is 3.66. The van der Waals surface area contributed by atoms with Crippen LogP contribution in [0.15, 0.2) is 42.5 Å². The van der Waals surface area contributed by atoms with Crippen molar-refractivity contribution in [1.29, 1.82) is 0 Å². The Bertz CT molecular complexity index is 782. The van der Waals surface area contributed by atoms with E-state index in [0.29, 0.717) is 16.9 Å². The largest absolute Gasteiger partial charge is 0.488 e. The lowest BCUT2D eigenvalue weighted by molar-refractivity contribution is -0.117. The van der Waals surface area contributed by atoms with E-state index in [4.69, 9.17) is 11.6 Å². The van der Waals surface area contributed by atoms with Crippen LogP contribution in [0.4, 0.5) is 11.4 Å². The van der Waals surface area contributed by atoms with Gasteiger partial charge in [-0.3, -0.25) is 4.79 Å². The predicted molar refractivity (Wildman–Crippen MR) is 101 cm³/mol. The fourth-order valence-corrected chi connectivity index (χ4v) is 3.53. The zero-order chi connectivity index (χ0) is 18.1. The molecule has 3 rings (SSSR count). The molecule has 130 valence electrons. The van der Waals surface area contributed by atoms with Crippen LogP contribution < -0.4 is 15.7 Å². The van der Waals surface area contributed by atoms with E-state index >= 15 is 0 Å². The Morgan fingerprint density at radius 2 is 1.92 bits per heavy atom. The first-order chi connectivity index (χ1) is 11.9. The molecule has 1 amide bonds. The number of hydrogen-bond donors (Lipinski definition) is 3. The van der Waals surface area contributed by atoms with Gasteiger partial charge in [-0.2, -0.15) is 0 Å². The van der Waals surface area contributed by atoms with Crippen molar-refractivity contribution in [3.8, 4) is 0 Å². The molecular weight excluding hydrogens is 338 g/mol. The van der Waals surface area contributed by atoms with E-state index in [1.165, 1.54) is 0 Å². The Hall–Kier alpha value is -2.02. The summed E-state index contributed by atoms with van der Waals surface area (Å²) in [6, 6.07) is 12.5. The number of carbonyl (C=O) groups excluding carboxylic acids is 1. The van der Waals surface area contributed by atoms with Crippen molar-refractivity contribution in [2.75, 3.05) is 10.2 Å². The molecule has 5 nitrogen and oxygen atoms in total. The molecule has 1 heterocycles. The SMILES string of the molecule is CC(=O)N1c2ccc(B(O)O)cc2C(Nc2ccc(Cl)cc2)CC1C. The molecule has 0 aliphatic carbocycles. The molecule has 2 aromatic carbocycles. The van der Waals surface area contributed by atoms with Gasteiger partial charge in [0.05, 0.1) is 6.04 Å². The molecule has 2 unspecified atom stereocenters. The summed E-state index contributed by atoms with van der Waals surface area (Å²) < 4.78 is 0. The molecule has 0 radical (unpaired) electrons. The van der Waals surface area contributed by atoms with E-state index in [9.17, 15) is 14.8 Å². The topological polar surface area (TPSA) is 72.8 Å². The second-order valence-electron chi connectivity index (χ2n) is 6.37. The highest BCUT2D eigenvalue weighted by Gasteiger charge is 2.33. The fraction of sp³-hybridized carbons (Fsp3) is 0.278. The molecule has 2 atom stereocenters. The van der Waals surface area contributed by atoms with Gasteiger partial charge in [0.1, 0.15) is 0 Å². The minimum absolute atomic E-state index is 0.0275. The van der Waals surface area contributed by atoms with Gasteiger partial charge in [-0.15, -0.1) is 0 Å². The van der Waals surface area contributed by atoms with Crippen LogP contribution in [0.25, 0.3) is 0 Å². The molecule has 1 aliphatic heterocycles. The monoisotopic (exact) mass is 358 g/mol. The number of anilines is 2. The van der Waals surface area contributed by atoms with E-state index in [1.54, 1.807) is 30.0 Å². The van der Waals surface area contributed by atoms with E-state index < -0.39 is 7.12 Å². The van der Waals surface area contributed by atoms with E-state index in [-0.39, 0.29) is 18.0 Å². The lowest BCUT2D eigenvalue weighted by Crippen LogP contribution is -2.44. The van der Waals surface area contributed by atoms with Crippen molar-refractivity contribution >= 4 is 41.5 Å². The highest BCUT2D eigenvalue weighted by molar-refractivity contribution is 6.58. The number of fused-ring (bicyclic) bond motifs is 1. The number of nitrogens with one attached hydrogen (secondary N) is 1. The van der Waals surface area contributed by atoms with E-state index in [1.807, 2.05) is 31.2 Å². The summed E-state index contributed by atoms with van der Waals surface area (Å²) in [5.41, 5.74) is 2.98. The van der Waals surface area contributed by atoms with Crippen LogP contribution in [-0.4, -0.2) is 29.1 Å². The molecule has 0 bridgehead atoms. The van der Waals surface area contributed by atoms with Crippen LogP contribution in [0.2, 0.25) is 5.02 Å². The number of benzene rings is 2. The molecule has 0 fully saturated rings. The van der Waals surface area contributed by atoms with Crippen molar-refractivity contribution in [1.82, 2.24) is 0 Å². The Balaban J connectivity index is 2.02. The van der Waals surface area contributed by atoms with Crippen molar-refractivity contribution < 1.29 is 14.8 Å². The van der Waals surface area contributed by atoms with E-state index in [2.05, 4.69) is 5.32 Å². The normalized spacial score (nSPS) is 19.3. The first-order valence-electron chi connectivity index (χ1n) is 8.18. The summed E-state index contributed by atoms with van der Waals surface area (Å²) >= 11 is 5.94. The average molecular weight is 359 g/mol. The van der Waals surface area contributed by atoms with Crippen LogP contribution in [0.5, 0.6) is 0 Å². The van der Waals surface area contributed by atoms with Gasteiger partial charge >= 0.3 is 7.12 Å². The third-order valence-electron chi connectivity index (χ3n) is 4.53.